The second-order valence-electron chi connectivity index (χ2n) is 5.61. The molecule has 0 saturated heterocycles. The van der Waals surface area contributed by atoms with Crippen LogP contribution < -0.4 is 5.32 Å². The molecule has 1 heterocycles. The number of nitrogens with zero attached hydrogens (tertiary/aromatic N) is 3. The van der Waals surface area contributed by atoms with E-state index in [1.54, 1.807) is 11.0 Å². The number of rotatable bonds is 6. The minimum atomic E-state index is 0.118. The third-order valence-electron chi connectivity index (χ3n) is 3.95. The molecule has 0 bridgehead atoms. The minimum absolute atomic E-state index is 0.118. The van der Waals surface area contributed by atoms with E-state index in [-0.39, 0.29) is 5.91 Å². The van der Waals surface area contributed by atoms with Gasteiger partial charge in [-0.3, -0.25) is 4.79 Å². The Balaban J connectivity index is 1.57. The number of benzene rings is 1. The minimum Gasteiger partial charge on any atom is -0.352 e. The first kappa shape index (κ1) is 14.5. The van der Waals surface area contributed by atoms with Gasteiger partial charge in [0.15, 0.2) is 0 Å². The van der Waals surface area contributed by atoms with E-state index in [1.165, 1.54) is 6.33 Å². The van der Waals surface area contributed by atoms with Gasteiger partial charge in [-0.25, -0.2) is 9.67 Å². The fourth-order valence-electron chi connectivity index (χ4n) is 2.74. The van der Waals surface area contributed by atoms with Gasteiger partial charge in [0.2, 0.25) is 5.91 Å². The molecule has 1 amide bonds. The Morgan fingerprint density at radius 2 is 2.18 bits per heavy atom. The van der Waals surface area contributed by atoms with Gasteiger partial charge in [0.05, 0.1) is 6.54 Å². The summed E-state index contributed by atoms with van der Waals surface area (Å²) in [5.41, 5.74) is 2.27. The maximum atomic E-state index is 12.0. The first-order chi connectivity index (χ1) is 10.8. The van der Waals surface area contributed by atoms with E-state index in [4.69, 9.17) is 0 Å². The number of carbonyl (C=O) groups excluding carboxylic acids is 1. The quantitative estimate of drug-likeness (QED) is 0.832. The zero-order chi connectivity index (χ0) is 15.2. The molecular weight excluding hydrogens is 276 g/mol. The number of hydrogen-bond donors (Lipinski definition) is 1. The maximum absolute atomic E-state index is 12.0. The van der Waals surface area contributed by atoms with Gasteiger partial charge in [-0.05, 0) is 29.9 Å². The molecule has 1 N–H and O–H groups in total. The molecule has 22 heavy (non-hydrogen) atoms. The van der Waals surface area contributed by atoms with Crippen LogP contribution in [0.2, 0.25) is 0 Å². The van der Waals surface area contributed by atoms with Crippen molar-refractivity contribution in [1.29, 1.82) is 0 Å². The van der Waals surface area contributed by atoms with Crippen LogP contribution in [0.25, 0.3) is 0 Å². The van der Waals surface area contributed by atoms with Crippen molar-refractivity contribution in [3.8, 4) is 0 Å². The number of amides is 1. The van der Waals surface area contributed by atoms with Crippen molar-refractivity contribution in [1.82, 2.24) is 20.1 Å². The molecule has 1 aliphatic carbocycles. The van der Waals surface area contributed by atoms with Crippen molar-refractivity contribution in [2.75, 3.05) is 0 Å². The number of allylic oxidation sites excluding steroid dienone is 2. The topological polar surface area (TPSA) is 59.8 Å². The summed E-state index contributed by atoms with van der Waals surface area (Å²) in [5, 5.41) is 7.15. The van der Waals surface area contributed by atoms with Gasteiger partial charge in [0.25, 0.3) is 0 Å². The van der Waals surface area contributed by atoms with Gasteiger partial charge >= 0.3 is 0 Å². The van der Waals surface area contributed by atoms with Crippen molar-refractivity contribution in [2.24, 2.45) is 5.92 Å². The number of aromatic nitrogens is 3. The van der Waals surface area contributed by atoms with E-state index in [1.807, 2.05) is 18.2 Å². The smallest absolute Gasteiger partial charge is 0.220 e. The van der Waals surface area contributed by atoms with Crippen LogP contribution in [0.3, 0.4) is 0 Å². The zero-order valence-electron chi connectivity index (χ0n) is 12.5. The fraction of sp³-hybridized carbons (Fsp3) is 0.353. The van der Waals surface area contributed by atoms with Gasteiger partial charge in [0, 0.05) is 13.0 Å². The van der Waals surface area contributed by atoms with Crippen LogP contribution in [0, 0.1) is 5.92 Å². The van der Waals surface area contributed by atoms with Crippen LogP contribution in [0.15, 0.2) is 49.1 Å². The van der Waals surface area contributed by atoms with E-state index in [0.29, 0.717) is 25.4 Å². The predicted octanol–water partition coefficient (Wildman–Crippen LogP) is 2.30. The monoisotopic (exact) mass is 296 g/mol. The summed E-state index contributed by atoms with van der Waals surface area (Å²) in [7, 11) is 0. The molecule has 0 fully saturated rings. The van der Waals surface area contributed by atoms with Gasteiger partial charge in [-0.15, -0.1) is 0 Å². The standard InChI is InChI=1S/C17H20N4O/c22-17(9-14-5-1-2-6-14)19-10-15-7-3-4-8-16(15)11-21-13-18-12-20-21/h1,3-5,7-8,12-14H,2,6,9-11H2,(H,19,22). The van der Waals surface area contributed by atoms with Crippen molar-refractivity contribution < 1.29 is 4.79 Å². The second-order valence-corrected chi connectivity index (χ2v) is 5.61. The summed E-state index contributed by atoms with van der Waals surface area (Å²) in [6.45, 7) is 1.22. The fourth-order valence-corrected chi connectivity index (χ4v) is 2.74. The van der Waals surface area contributed by atoms with E-state index in [9.17, 15) is 4.79 Å². The van der Waals surface area contributed by atoms with E-state index >= 15 is 0 Å². The van der Waals surface area contributed by atoms with Crippen molar-refractivity contribution in [2.45, 2.75) is 32.4 Å². The predicted molar refractivity (Wildman–Crippen MR) is 83.9 cm³/mol. The first-order valence-electron chi connectivity index (χ1n) is 7.64. The van der Waals surface area contributed by atoms with Crippen molar-refractivity contribution in [3.63, 3.8) is 0 Å². The summed E-state index contributed by atoms with van der Waals surface area (Å²) < 4.78 is 1.78. The molecular formula is C17H20N4O. The van der Waals surface area contributed by atoms with Crippen LogP contribution in [-0.4, -0.2) is 20.7 Å². The van der Waals surface area contributed by atoms with Crippen LogP contribution in [0.1, 0.15) is 30.4 Å². The lowest BCUT2D eigenvalue weighted by atomic mass is 10.0. The van der Waals surface area contributed by atoms with Gasteiger partial charge in [-0.2, -0.15) is 5.10 Å². The SMILES string of the molecule is O=C(CC1C=CCC1)NCc1ccccc1Cn1cncn1. The Morgan fingerprint density at radius 1 is 1.32 bits per heavy atom. The summed E-state index contributed by atoms with van der Waals surface area (Å²) in [6.07, 6.45) is 10.3. The highest BCUT2D eigenvalue weighted by Gasteiger charge is 2.14. The Hall–Kier alpha value is -2.43. The summed E-state index contributed by atoms with van der Waals surface area (Å²) in [6, 6.07) is 8.10. The molecule has 5 heteroatoms. The Morgan fingerprint density at radius 3 is 2.91 bits per heavy atom. The number of hydrogen-bond acceptors (Lipinski definition) is 3. The van der Waals surface area contributed by atoms with Crippen molar-refractivity contribution >= 4 is 5.91 Å². The average molecular weight is 296 g/mol. The number of carbonyl (C=O) groups is 1. The van der Waals surface area contributed by atoms with Crippen LogP contribution >= 0.6 is 0 Å². The molecule has 1 unspecified atom stereocenters. The lowest BCUT2D eigenvalue weighted by molar-refractivity contribution is -0.121. The highest BCUT2D eigenvalue weighted by molar-refractivity contribution is 5.76. The molecule has 0 aliphatic heterocycles. The second kappa shape index (κ2) is 7.02. The Kier molecular flexibility index (Phi) is 4.63. The maximum Gasteiger partial charge on any atom is 0.220 e. The normalized spacial score (nSPS) is 16.8. The Labute approximate surface area is 130 Å². The van der Waals surface area contributed by atoms with Crippen LogP contribution in [0.4, 0.5) is 0 Å². The molecule has 2 aromatic rings. The molecule has 1 aromatic heterocycles. The summed E-state index contributed by atoms with van der Waals surface area (Å²) in [4.78, 5) is 16.0. The summed E-state index contributed by atoms with van der Waals surface area (Å²) >= 11 is 0. The molecule has 1 aliphatic rings. The first-order valence-corrected chi connectivity index (χ1v) is 7.64. The Bertz CT molecular complexity index is 648. The highest BCUT2D eigenvalue weighted by Crippen LogP contribution is 2.20. The van der Waals surface area contributed by atoms with E-state index < -0.39 is 0 Å². The largest absolute Gasteiger partial charge is 0.352 e. The van der Waals surface area contributed by atoms with Gasteiger partial charge in [0.1, 0.15) is 12.7 Å². The highest BCUT2D eigenvalue weighted by atomic mass is 16.1. The van der Waals surface area contributed by atoms with E-state index in [2.05, 4.69) is 33.6 Å². The third kappa shape index (κ3) is 3.81. The molecule has 114 valence electrons. The molecule has 0 saturated carbocycles. The average Bonchev–Trinajstić information content (AvgIpc) is 3.20. The number of nitrogens with one attached hydrogen (secondary N) is 1. The lowest BCUT2D eigenvalue weighted by Crippen LogP contribution is -2.25. The molecule has 1 atom stereocenters. The van der Waals surface area contributed by atoms with Crippen LogP contribution in [-0.2, 0) is 17.9 Å². The van der Waals surface area contributed by atoms with E-state index in [0.717, 1.165) is 24.0 Å². The molecule has 0 radical (unpaired) electrons. The zero-order valence-corrected chi connectivity index (χ0v) is 12.5. The molecule has 1 aromatic carbocycles. The van der Waals surface area contributed by atoms with Crippen LogP contribution in [0.5, 0.6) is 0 Å². The molecule has 0 spiro atoms. The summed E-state index contributed by atoms with van der Waals surface area (Å²) in [5.74, 6) is 0.525. The van der Waals surface area contributed by atoms with Gasteiger partial charge < -0.3 is 5.32 Å². The van der Waals surface area contributed by atoms with Gasteiger partial charge in [-0.1, -0.05) is 36.4 Å². The van der Waals surface area contributed by atoms with Crippen molar-refractivity contribution in [3.05, 3.63) is 60.2 Å². The third-order valence-corrected chi connectivity index (χ3v) is 3.95. The molecule has 5 nitrogen and oxygen atoms in total. The molecule has 3 rings (SSSR count). The lowest BCUT2D eigenvalue weighted by Gasteiger charge is -2.12.